The molecule has 0 saturated carbocycles. The minimum absolute atomic E-state index is 0.0565. The first kappa shape index (κ1) is 19.6. The molecule has 1 aromatic carbocycles. The van der Waals surface area contributed by atoms with Gasteiger partial charge in [0, 0.05) is 42.3 Å². The zero-order chi connectivity index (χ0) is 20.1. The van der Waals surface area contributed by atoms with Gasteiger partial charge in [0.25, 0.3) is 11.5 Å². The monoisotopic (exact) mass is 380 g/mol. The van der Waals surface area contributed by atoms with E-state index in [0.717, 1.165) is 17.0 Å². The lowest BCUT2D eigenvalue weighted by Crippen LogP contribution is -2.31. The van der Waals surface area contributed by atoms with Gasteiger partial charge in [-0.1, -0.05) is 12.1 Å². The van der Waals surface area contributed by atoms with Crippen molar-refractivity contribution >= 4 is 5.91 Å². The number of aromatic amines is 1. The number of hydrogen-bond donors (Lipinski definition) is 3. The number of furan rings is 1. The maximum Gasteiger partial charge on any atom is 0.256 e. The molecule has 6 heteroatoms. The molecule has 28 heavy (non-hydrogen) atoms. The van der Waals surface area contributed by atoms with Crippen LogP contribution >= 0.6 is 0 Å². The normalized spacial score (nSPS) is 12.0. The number of aliphatic hydroxyl groups excluding tert-OH is 1. The van der Waals surface area contributed by atoms with Crippen molar-refractivity contribution in [2.75, 3.05) is 13.2 Å². The molecule has 0 aliphatic carbocycles. The Hall–Kier alpha value is -3.12. The van der Waals surface area contributed by atoms with Gasteiger partial charge in [0.1, 0.15) is 5.76 Å². The molecule has 1 amide bonds. The predicted molar refractivity (Wildman–Crippen MR) is 107 cm³/mol. The van der Waals surface area contributed by atoms with Gasteiger partial charge in [-0.2, -0.15) is 0 Å². The fourth-order valence-corrected chi connectivity index (χ4v) is 3.02. The van der Waals surface area contributed by atoms with Crippen molar-refractivity contribution < 1.29 is 14.3 Å². The molecule has 0 fully saturated rings. The average molecular weight is 380 g/mol. The lowest BCUT2D eigenvalue weighted by molar-refractivity contribution is 0.0939. The Morgan fingerprint density at radius 3 is 2.75 bits per heavy atom. The van der Waals surface area contributed by atoms with Gasteiger partial charge in [0.05, 0.1) is 6.26 Å². The molecule has 2 aromatic heterocycles. The lowest BCUT2D eigenvalue weighted by Gasteiger charge is -2.14. The van der Waals surface area contributed by atoms with E-state index in [2.05, 4.69) is 10.3 Å². The molecule has 0 aliphatic heterocycles. The van der Waals surface area contributed by atoms with E-state index in [1.54, 1.807) is 30.5 Å². The van der Waals surface area contributed by atoms with E-state index in [4.69, 9.17) is 4.42 Å². The predicted octanol–water partition coefficient (Wildman–Crippen LogP) is 2.83. The lowest BCUT2D eigenvalue weighted by atomic mass is 10.0. The number of aromatic nitrogens is 1. The number of H-pyrrole nitrogens is 1. The number of aliphatic hydroxyl groups is 1. The summed E-state index contributed by atoms with van der Waals surface area (Å²) in [6.07, 6.45) is 2.13. The summed E-state index contributed by atoms with van der Waals surface area (Å²) in [6.45, 7) is 4.05. The summed E-state index contributed by atoms with van der Waals surface area (Å²) < 4.78 is 5.29. The second-order valence-electron chi connectivity index (χ2n) is 6.94. The summed E-state index contributed by atoms with van der Waals surface area (Å²) in [5.41, 5.74) is 3.31. The maximum atomic E-state index is 12.6. The summed E-state index contributed by atoms with van der Waals surface area (Å²) in [5.74, 6) is 0.380. The topological polar surface area (TPSA) is 95.3 Å². The van der Waals surface area contributed by atoms with Gasteiger partial charge in [0.15, 0.2) is 0 Å². The van der Waals surface area contributed by atoms with Gasteiger partial charge in [0.2, 0.25) is 0 Å². The van der Waals surface area contributed by atoms with Crippen molar-refractivity contribution in [2.24, 2.45) is 5.92 Å². The highest BCUT2D eigenvalue weighted by atomic mass is 16.3. The Balaban J connectivity index is 1.72. The molecule has 6 nitrogen and oxygen atoms in total. The molecule has 0 bridgehead atoms. The molecule has 3 rings (SSSR count). The van der Waals surface area contributed by atoms with Gasteiger partial charge < -0.3 is 19.8 Å². The van der Waals surface area contributed by atoms with Crippen LogP contribution in [0.5, 0.6) is 0 Å². The van der Waals surface area contributed by atoms with Crippen molar-refractivity contribution in [1.82, 2.24) is 10.3 Å². The van der Waals surface area contributed by atoms with Crippen molar-refractivity contribution in [2.45, 2.75) is 20.3 Å². The number of pyridine rings is 1. The number of aryl methyl sites for hydroxylation is 2. The minimum Gasteiger partial charge on any atom is -0.469 e. The molecule has 146 valence electrons. The third-order valence-electron chi connectivity index (χ3n) is 4.81. The Morgan fingerprint density at radius 1 is 1.21 bits per heavy atom. The van der Waals surface area contributed by atoms with E-state index in [1.807, 2.05) is 32.0 Å². The van der Waals surface area contributed by atoms with Crippen LogP contribution in [-0.4, -0.2) is 29.1 Å². The van der Waals surface area contributed by atoms with Gasteiger partial charge in [-0.15, -0.1) is 0 Å². The summed E-state index contributed by atoms with van der Waals surface area (Å²) in [7, 11) is 0. The summed E-state index contributed by atoms with van der Waals surface area (Å²) in [5, 5.41) is 12.4. The van der Waals surface area contributed by atoms with E-state index < -0.39 is 0 Å². The fraction of sp³-hybridized carbons (Fsp3) is 0.273. The van der Waals surface area contributed by atoms with Gasteiger partial charge in [-0.05, 0) is 55.3 Å². The highest BCUT2D eigenvalue weighted by Gasteiger charge is 2.14. The number of amides is 1. The van der Waals surface area contributed by atoms with E-state index in [-0.39, 0.29) is 24.0 Å². The SMILES string of the molecule is Cc1cc(-c2cccc(C(=O)NC[C@H](CO)Cc3ccco3)c2)c(=O)[nH]c1C. The fourth-order valence-electron chi connectivity index (χ4n) is 3.02. The number of carbonyl (C=O) groups is 1. The Bertz CT molecular complexity index is 1010. The first-order chi connectivity index (χ1) is 13.5. The maximum absolute atomic E-state index is 12.6. The zero-order valence-corrected chi connectivity index (χ0v) is 16.0. The molecule has 0 radical (unpaired) electrons. The van der Waals surface area contributed by atoms with Gasteiger partial charge in [-0.25, -0.2) is 0 Å². The van der Waals surface area contributed by atoms with Gasteiger partial charge >= 0.3 is 0 Å². The largest absolute Gasteiger partial charge is 0.469 e. The van der Waals surface area contributed by atoms with Crippen molar-refractivity contribution in [3.63, 3.8) is 0 Å². The van der Waals surface area contributed by atoms with Crippen LogP contribution in [0.1, 0.15) is 27.4 Å². The van der Waals surface area contributed by atoms with Crippen molar-refractivity contribution in [3.8, 4) is 11.1 Å². The van der Waals surface area contributed by atoms with Crippen molar-refractivity contribution in [1.29, 1.82) is 0 Å². The molecule has 0 aliphatic rings. The summed E-state index contributed by atoms with van der Waals surface area (Å²) >= 11 is 0. The van der Waals surface area contributed by atoms with Crippen LogP contribution in [-0.2, 0) is 6.42 Å². The second-order valence-corrected chi connectivity index (χ2v) is 6.94. The van der Waals surface area contributed by atoms with Crippen LogP contribution in [0.15, 0.2) is 57.9 Å². The molecule has 3 N–H and O–H groups in total. The van der Waals surface area contributed by atoms with E-state index in [9.17, 15) is 14.7 Å². The molecular formula is C22H24N2O4. The Kier molecular flexibility index (Phi) is 6.11. The van der Waals surface area contributed by atoms with Crippen molar-refractivity contribution in [3.05, 3.63) is 81.7 Å². The van der Waals surface area contributed by atoms with E-state index in [0.29, 0.717) is 29.7 Å². The Labute approximate surface area is 163 Å². The average Bonchev–Trinajstić information content (AvgIpc) is 3.21. The first-order valence-electron chi connectivity index (χ1n) is 9.20. The molecule has 0 saturated heterocycles. The number of nitrogens with one attached hydrogen (secondary N) is 2. The minimum atomic E-state index is -0.250. The zero-order valence-electron chi connectivity index (χ0n) is 16.0. The molecule has 2 heterocycles. The van der Waals surface area contributed by atoms with Crippen LogP contribution in [0, 0.1) is 19.8 Å². The first-order valence-corrected chi connectivity index (χ1v) is 9.20. The van der Waals surface area contributed by atoms with Crippen LogP contribution in [0.2, 0.25) is 0 Å². The van der Waals surface area contributed by atoms with E-state index >= 15 is 0 Å². The molecule has 0 unspecified atom stereocenters. The highest BCUT2D eigenvalue weighted by molar-refractivity contribution is 5.95. The molecule has 0 spiro atoms. The third-order valence-corrected chi connectivity index (χ3v) is 4.81. The molecule has 3 aromatic rings. The van der Waals surface area contributed by atoms with Gasteiger partial charge in [-0.3, -0.25) is 9.59 Å². The van der Waals surface area contributed by atoms with Crippen LogP contribution in [0.25, 0.3) is 11.1 Å². The van der Waals surface area contributed by atoms with Crippen LogP contribution < -0.4 is 10.9 Å². The highest BCUT2D eigenvalue weighted by Crippen LogP contribution is 2.19. The standard InChI is InChI=1S/C22H24N2O4/c1-14-9-20(22(27)24-15(14)2)17-5-3-6-18(11-17)21(26)23-12-16(13-25)10-19-7-4-8-28-19/h3-9,11,16,25H,10,12-13H2,1-2H3,(H,23,26)(H,24,27)/t16-/m1/s1. The smallest absolute Gasteiger partial charge is 0.256 e. The quantitative estimate of drug-likeness (QED) is 0.587. The van der Waals surface area contributed by atoms with Crippen LogP contribution in [0.3, 0.4) is 0 Å². The molecule has 1 atom stereocenters. The van der Waals surface area contributed by atoms with Crippen LogP contribution in [0.4, 0.5) is 0 Å². The number of carbonyl (C=O) groups excluding carboxylic acids is 1. The third kappa shape index (κ3) is 4.58. The Morgan fingerprint density at radius 2 is 2.04 bits per heavy atom. The second kappa shape index (κ2) is 8.71. The summed E-state index contributed by atoms with van der Waals surface area (Å²) in [6, 6.07) is 12.4. The number of hydrogen-bond acceptors (Lipinski definition) is 4. The van der Waals surface area contributed by atoms with E-state index in [1.165, 1.54) is 0 Å². The molecular weight excluding hydrogens is 356 g/mol. The number of benzene rings is 1. The summed E-state index contributed by atoms with van der Waals surface area (Å²) in [4.78, 5) is 27.7. The number of rotatable bonds is 7.